The summed E-state index contributed by atoms with van der Waals surface area (Å²) in [5.74, 6) is 0.631. The number of anilines is 2. The fourth-order valence-corrected chi connectivity index (χ4v) is 7.37. The highest BCUT2D eigenvalue weighted by atomic mass is 32.2. The Morgan fingerprint density at radius 1 is 0.965 bits per heavy atom. The quantitative estimate of drug-likeness (QED) is 0.0799. The highest BCUT2D eigenvalue weighted by Crippen LogP contribution is 2.34. The van der Waals surface area contributed by atoms with Crippen LogP contribution in [-0.2, 0) is 34.5 Å². The molecule has 19 nitrogen and oxygen atoms in total. The SMILES string of the molecule is CCn1nc(C)cc1C(=O)Nc1nc2cc(S(N)(=O)=O)cc(OC)c2n1C/C=C/Cn1c(NC)nc2cc(C(N)=O)cc(OCCC3CN(C(=O)CCNC)C3)c21. The van der Waals surface area contributed by atoms with E-state index in [9.17, 15) is 22.8 Å². The van der Waals surface area contributed by atoms with Gasteiger partial charge in [-0.3, -0.25) is 24.4 Å². The van der Waals surface area contributed by atoms with Gasteiger partial charge in [-0.05, 0) is 57.5 Å². The molecule has 0 spiro atoms. The zero-order valence-corrected chi connectivity index (χ0v) is 33.4. The molecule has 1 fully saturated rings. The number of rotatable bonds is 18. The zero-order chi connectivity index (χ0) is 41.0. The number of methoxy groups -OCH3 is 1. The van der Waals surface area contributed by atoms with E-state index in [1.807, 2.05) is 35.6 Å². The van der Waals surface area contributed by atoms with Crippen molar-refractivity contribution in [3.63, 3.8) is 0 Å². The Labute approximate surface area is 329 Å². The molecule has 0 bridgehead atoms. The lowest BCUT2D eigenvalue weighted by molar-refractivity contribution is -0.137. The number of nitrogens with two attached hydrogens (primary N) is 2. The van der Waals surface area contributed by atoms with Crippen molar-refractivity contribution in [1.82, 2.24) is 39.1 Å². The molecule has 3 amide bonds. The van der Waals surface area contributed by atoms with Crippen molar-refractivity contribution in [2.75, 3.05) is 58.1 Å². The van der Waals surface area contributed by atoms with E-state index in [2.05, 4.69) is 26.0 Å². The first-order valence-electron chi connectivity index (χ1n) is 18.4. The number of allylic oxidation sites excluding steroid dienone is 2. The molecule has 0 aliphatic carbocycles. The molecule has 1 aliphatic rings. The Morgan fingerprint density at radius 3 is 2.26 bits per heavy atom. The third kappa shape index (κ3) is 8.71. The molecule has 2 aromatic carbocycles. The Morgan fingerprint density at radius 2 is 1.63 bits per heavy atom. The molecule has 4 heterocycles. The van der Waals surface area contributed by atoms with E-state index in [0.29, 0.717) is 97.7 Å². The van der Waals surface area contributed by atoms with Gasteiger partial charge in [0.05, 0.1) is 35.3 Å². The number of nitrogens with zero attached hydrogens (tertiary/aromatic N) is 7. The van der Waals surface area contributed by atoms with Crippen molar-refractivity contribution in [2.45, 2.75) is 51.2 Å². The number of benzene rings is 2. The first-order valence-corrected chi connectivity index (χ1v) is 20.0. The summed E-state index contributed by atoms with van der Waals surface area (Å²) in [6.07, 6.45) is 4.92. The molecule has 1 saturated heterocycles. The molecule has 0 radical (unpaired) electrons. The number of sulfonamides is 1. The number of primary amides is 1. The monoisotopic (exact) mass is 804 g/mol. The van der Waals surface area contributed by atoms with Gasteiger partial charge in [-0.25, -0.2) is 23.5 Å². The maximum absolute atomic E-state index is 13.5. The number of nitrogens with one attached hydrogen (secondary N) is 3. The van der Waals surface area contributed by atoms with Crippen LogP contribution in [0.15, 0.2) is 47.4 Å². The molecule has 5 aromatic rings. The number of carbonyl (C=O) groups is 3. The van der Waals surface area contributed by atoms with Crippen LogP contribution in [0, 0.1) is 12.8 Å². The Bertz CT molecular complexity index is 2460. The van der Waals surface area contributed by atoms with Crippen LogP contribution in [0.4, 0.5) is 11.9 Å². The molecule has 304 valence electrons. The lowest BCUT2D eigenvalue weighted by atomic mass is 9.96. The minimum atomic E-state index is -4.11. The van der Waals surface area contributed by atoms with Crippen molar-refractivity contribution in [3.8, 4) is 11.5 Å². The van der Waals surface area contributed by atoms with Gasteiger partial charge in [0.2, 0.25) is 33.7 Å². The van der Waals surface area contributed by atoms with Crippen LogP contribution in [0.5, 0.6) is 11.5 Å². The molecule has 57 heavy (non-hydrogen) atoms. The zero-order valence-electron chi connectivity index (χ0n) is 32.5. The average molecular weight is 805 g/mol. The van der Waals surface area contributed by atoms with Crippen LogP contribution in [0.1, 0.15) is 46.3 Å². The van der Waals surface area contributed by atoms with E-state index in [1.165, 1.54) is 19.2 Å². The Hall–Kier alpha value is -5.99. The summed E-state index contributed by atoms with van der Waals surface area (Å²) in [6.45, 7) is 6.95. The fourth-order valence-electron chi connectivity index (χ4n) is 6.83. The normalized spacial score (nSPS) is 13.4. The van der Waals surface area contributed by atoms with Gasteiger partial charge in [0.15, 0.2) is 0 Å². The summed E-state index contributed by atoms with van der Waals surface area (Å²) in [5.41, 5.74) is 8.76. The molecule has 0 atom stereocenters. The first-order chi connectivity index (χ1) is 27.3. The topological polar surface area (TPSA) is 249 Å². The van der Waals surface area contributed by atoms with Crippen LogP contribution in [0.25, 0.3) is 22.1 Å². The van der Waals surface area contributed by atoms with E-state index in [4.69, 9.17) is 25.3 Å². The molecule has 0 unspecified atom stereocenters. The number of amides is 3. The van der Waals surface area contributed by atoms with E-state index in [1.54, 1.807) is 41.4 Å². The minimum Gasteiger partial charge on any atom is -0.494 e. The van der Waals surface area contributed by atoms with Gasteiger partial charge in [0.1, 0.15) is 28.2 Å². The molecule has 3 aromatic heterocycles. The standard InChI is InChI=1S/C37H48N12O7S/c1-6-49-28(15-22(2)45-49)35(52)44-37-43-27-18-25(57(39,53)54)19-29(55-5)32(27)48(37)13-8-7-12-47-33-26(42-36(47)41-4)16-24(34(38)51)17-30(33)56-14-10-23-20-46(21-23)31(50)9-11-40-3/h7-8,15-19,23,40H,6,9-14,20-21H2,1-5H3,(H2,38,51)(H,41,42)(H2,39,53,54)(H,43,44,52)/b8-7+. The molecule has 0 saturated carbocycles. The minimum absolute atomic E-state index is 0.127. The van der Waals surface area contributed by atoms with Crippen LogP contribution in [0.3, 0.4) is 0 Å². The van der Waals surface area contributed by atoms with Gasteiger partial charge in [-0.1, -0.05) is 12.2 Å². The second kappa shape index (κ2) is 17.0. The predicted octanol–water partition coefficient (Wildman–Crippen LogP) is 2.05. The van der Waals surface area contributed by atoms with Crippen LogP contribution in [0.2, 0.25) is 0 Å². The lowest BCUT2D eigenvalue weighted by Crippen LogP contribution is -2.50. The summed E-state index contributed by atoms with van der Waals surface area (Å²) >= 11 is 0. The number of aryl methyl sites for hydroxylation is 2. The molecular formula is C37H48N12O7S. The molecule has 1 aliphatic heterocycles. The lowest BCUT2D eigenvalue weighted by Gasteiger charge is -2.39. The van der Waals surface area contributed by atoms with Gasteiger partial charge in [0, 0.05) is 64.4 Å². The van der Waals surface area contributed by atoms with Gasteiger partial charge in [0.25, 0.3) is 5.91 Å². The number of primary sulfonamides is 1. The van der Waals surface area contributed by atoms with Crippen molar-refractivity contribution < 1.29 is 32.3 Å². The number of carbonyl (C=O) groups excluding carboxylic acids is 3. The predicted molar refractivity (Wildman–Crippen MR) is 214 cm³/mol. The number of fused-ring (bicyclic) bond motifs is 2. The number of likely N-dealkylation sites (tertiary alicyclic amines) is 1. The van der Waals surface area contributed by atoms with Crippen molar-refractivity contribution in [2.24, 2.45) is 16.8 Å². The highest BCUT2D eigenvalue weighted by Gasteiger charge is 2.30. The average Bonchev–Trinajstić information content (AvgIpc) is 3.84. The molecule has 20 heteroatoms. The molecule has 6 rings (SSSR count). The summed E-state index contributed by atoms with van der Waals surface area (Å²) in [6, 6.07) is 7.54. The maximum atomic E-state index is 13.5. The number of imidazole rings is 2. The smallest absolute Gasteiger partial charge is 0.276 e. The van der Waals surface area contributed by atoms with E-state index >= 15 is 0 Å². The summed E-state index contributed by atoms with van der Waals surface area (Å²) < 4.78 is 41.7. The van der Waals surface area contributed by atoms with Gasteiger partial charge in [-0.15, -0.1) is 0 Å². The van der Waals surface area contributed by atoms with Crippen molar-refractivity contribution in [1.29, 1.82) is 0 Å². The second-order valence-electron chi connectivity index (χ2n) is 13.7. The van der Waals surface area contributed by atoms with Crippen molar-refractivity contribution >= 4 is 61.7 Å². The molecule has 7 N–H and O–H groups in total. The van der Waals surface area contributed by atoms with Gasteiger partial charge >= 0.3 is 0 Å². The largest absolute Gasteiger partial charge is 0.494 e. The third-order valence-electron chi connectivity index (χ3n) is 9.73. The fraction of sp³-hybridized carbons (Fsp3) is 0.405. The van der Waals surface area contributed by atoms with E-state index < -0.39 is 21.8 Å². The molecular weight excluding hydrogens is 757 g/mol. The second-order valence-corrected chi connectivity index (χ2v) is 15.2. The summed E-state index contributed by atoms with van der Waals surface area (Å²) in [5, 5.41) is 18.8. The Kier molecular flexibility index (Phi) is 12.1. The summed E-state index contributed by atoms with van der Waals surface area (Å²) in [7, 11) is 0.841. The maximum Gasteiger partial charge on any atom is 0.276 e. The number of aromatic nitrogens is 6. The highest BCUT2D eigenvalue weighted by molar-refractivity contribution is 7.89. The van der Waals surface area contributed by atoms with Gasteiger partial charge < -0.3 is 39.9 Å². The number of ether oxygens (including phenoxy) is 2. The number of hydrogen-bond donors (Lipinski definition) is 5. The van der Waals surface area contributed by atoms with Gasteiger partial charge in [-0.2, -0.15) is 5.10 Å². The number of hydrogen-bond acceptors (Lipinski definition) is 12. The summed E-state index contributed by atoms with van der Waals surface area (Å²) in [4.78, 5) is 49.1. The van der Waals surface area contributed by atoms with Crippen LogP contribution >= 0.6 is 0 Å². The Balaban J connectivity index is 1.28. The van der Waals surface area contributed by atoms with Crippen LogP contribution < -0.4 is 36.3 Å². The van der Waals surface area contributed by atoms with E-state index in [0.717, 1.165) is 0 Å². The third-order valence-corrected chi connectivity index (χ3v) is 10.6. The first kappa shape index (κ1) is 40.7. The van der Waals surface area contributed by atoms with Crippen LogP contribution in [-0.4, -0.2) is 107 Å². The van der Waals surface area contributed by atoms with Crippen molar-refractivity contribution in [3.05, 3.63) is 59.4 Å². The van der Waals surface area contributed by atoms with E-state index in [-0.39, 0.29) is 40.1 Å².